The second-order valence-corrected chi connectivity index (χ2v) is 10.5. The van der Waals surface area contributed by atoms with E-state index in [-0.39, 0.29) is 34.2 Å². The van der Waals surface area contributed by atoms with Crippen molar-refractivity contribution in [3.8, 4) is 6.07 Å². The van der Waals surface area contributed by atoms with Gasteiger partial charge in [0.2, 0.25) is 5.88 Å². The number of nitriles is 1. The molecule has 6 nitrogen and oxygen atoms in total. The minimum atomic E-state index is -4.26. The Bertz CT molecular complexity index is 1540. The lowest BCUT2D eigenvalue weighted by Gasteiger charge is -2.38. The van der Waals surface area contributed by atoms with Crippen molar-refractivity contribution in [3.63, 3.8) is 0 Å². The molecule has 0 fully saturated rings. The number of hydrogen-bond acceptors (Lipinski definition) is 5. The smallest absolute Gasteiger partial charge is 0.265 e. The second-order valence-electron chi connectivity index (χ2n) is 7.79. The Hall–Kier alpha value is -3.61. The van der Waals surface area contributed by atoms with Crippen LogP contribution in [-0.4, -0.2) is 8.42 Å². The quantitative estimate of drug-likeness (QED) is 0.500. The zero-order valence-corrected chi connectivity index (χ0v) is 20.0. The van der Waals surface area contributed by atoms with Crippen LogP contribution < -0.4 is 10.0 Å². The van der Waals surface area contributed by atoms with E-state index < -0.39 is 21.8 Å². The van der Waals surface area contributed by atoms with Crippen LogP contribution in [0.15, 0.2) is 93.6 Å². The molecule has 34 heavy (non-hydrogen) atoms. The van der Waals surface area contributed by atoms with Crippen molar-refractivity contribution in [1.82, 2.24) is 0 Å². The van der Waals surface area contributed by atoms with Crippen molar-refractivity contribution in [3.05, 3.63) is 116 Å². The molecular formula is C25H17BrFN3O3S. The van der Waals surface area contributed by atoms with E-state index in [0.717, 1.165) is 4.31 Å². The van der Waals surface area contributed by atoms with Gasteiger partial charge >= 0.3 is 0 Å². The van der Waals surface area contributed by atoms with Gasteiger partial charge in [0.1, 0.15) is 22.4 Å². The third-order valence-electron chi connectivity index (χ3n) is 5.81. The van der Waals surface area contributed by atoms with Crippen molar-refractivity contribution in [2.75, 3.05) is 4.31 Å². The standard InChI is InChI=1S/C25H17BrFN3O3S/c26-17-8-5-7-15(12-17)22-19(13-28)25(29)33-23-18-9-2-4-11-21(18)30(34(31,32)24(22)23)14-16-6-1-3-10-20(16)27/h1-12,22H,14,29H2/t22-/m0/s1. The zero-order valence-electron chi connectivity index (χ0n) is 17.6. The fraction of sp³-hybridized carbons (Fsp3) is 0.0800. The minimum absolute atomic E-state index is 0.00866. The first kappa shape index (κ1) is 22.2. The molecule has 0 saturated carbocycles. The number of benzene rings is 3. The summed E-state index contributed by atoms with van der Waals surface area (Å²) in [5, 5.41) is 9.90. The van der Waals surface area contributed by atoms with Gasteiger partial charge in [-0.25, -0.2) is 12.8 Å². The summed E-state index contributed by atoms with van der Waals surface area (Å²) < 4.78 is 50.5. The molecule has 0 radical (unpaired) electrons. The highest BCUT2D eigenvalue weighted by Crippen LogP contribution is 2.51. The highest BCUT2D eigenvalue weighted by molar-refractivity contribution is 9.10. The average Bonchev–Trinajstić information content (AvgIpc) is 2.82. The molecule has 0 saturated heterocycles. The topological polar surface area (TPSA) is 96.4 Å². The molecule has 0 aliphatic carbocycles. The number of nitrogens with two attached hydrogens (primary N) is 1. The van der Waals surface area contributed by atoms with Gasteiger partial charge in [0.25, 0.3) is 10.0 Å². The number of allylic oxidation sites excluding steroid dienone is 2. The Morgan fingerprint density at radius 1 is 1.09 bits per heavy atom. The molecule has 2 aliphatic rings. The number of para-hydroxylation sites is 1. The van der Waals surface area contributed by atoms with Gasteiger partial charge in [0.05, 0.1) is 18.2 Å². The Kier molecular flexibility index (Phi) is 5.42. The maximum atomic E-state index is 14.5. The SMILES string of the molecule is N#CC1=C(N)OC2=C([C@H]1c1cccc(Br)c1)S(=O)(=O)N(Cc1ccccc1F)c1ccccc12. The predicted molar refractivity (Wildman–Crippen MR) is 130 cm³/mol. The van der Waals surface area contributed by atoms with E-state index in [1.165, 1.54) is 6.07 Å². The van der Waals surface area contributed by atoms with E-state index in [4.69, 9.17) is 10.5 Å². The van der Waals surface area contributed by atoms with Gasteiger partial charge in [-0.15, -0.1) is 0 Å². The third kappa shape index (κ3) is 3.47. The van der Waals surface area contributed by atoms with Crippen molar-refractivity contribution >= 4 is 37.4 Å². The van der Waals surface area contributed by atoms with E-state index in [2.05, 4.69) is 15.9 Å². The summed E-state index contributed by atoms with van der Waals surface area (Å²) in [6.45, 7) is -0.227. The number of rotatable bonds is 3. The number of anilines is 1. The van der Waals surface area contributed by atoms with Crippen molar-refractivity contribution in [2.45, 2.75) is 12.5 Å². The molecular weight excluding hydrogens is 521 g/mol. The van der Waals surface area contributed by atoms with E-state index in [1.807, 2.05) is 6.07 Å². The van der Waals surface area contributed by atoms with Crippen LogP contribution in [0.1, 0.15) is 22.6 Å². The van der Waals surface area contributed by atoms with Crippen LogP contribution in [0.5, 0.6) is 0 Å². The van der Waals surface area contributed by atoms with Crippen molar-refractivity contribution in [2.24, 2.45) is 5.73 Å². The number of sulfonamides is 1. The Labute approximate surface area is 204 Å². The van der Waals surface area contributed by atoms with E-state index in [0.29, 0.717) is 21.3 Å². The van der Waals surface area contributed by atoms with Crippen LogP contribution in [0.3, 0.4) is 0 Å². The molecule has 1 atom stereocenters. The van der Waals surface area contributed by atoms with Crippen LogP contribution in [0.25, 0.3) is 5.76 Å². The highest BCUT2D eigenvalue weighted by Gasteiger charge is 2.47. The van der Waals surface area contributed by atoms with Gasteiger partial charge in [-0.05, 0) is 35.9 Å². The Morgan fingerprint density at radius 3 is 2.56 bits per heavy atom. The van der Waals surface area contributed by atoms with Gasteiger partial charge in [0.15, 0.2) is 5.76 Å². The molecule has 2 aliphatic heterocycles. The zero-order chi connectivity index (χ0) is 24.0. The first-order valence-electron chi connectivity index (χ1n) is 10.3. The van der Waals surface area contributed by atoms with Crippen LogP contribution in [-0.2, 0) is 21.3 Å². The highest BCUT2D eigenvalue weighted by atomic mass is 79.9. The van der Waals surface area contributed by atoms with E-state index in [9.17, 15) is 18.1 Å². The van der Waals surface area contributed by atoms with Gasteiger partial charge in [-0.1, -0.05) is 58.4 Å². The molecule has 0 spiro atoms. The van der Waals surface area contributed by atoms with E-state index in [1.54, 1.807) is 66.7 Å². The Morgan fingerprint density at radius 2 is 1.82 bits per heavy atom. The van der Waals surface area contributed by atoms with Gasteiger partial charge < -0.3 is 10.5 Å². The summed E-state index contributed by atoms with van der Waals surface area (Å²) in [5.41, 5.74) is 7.71. The summed E-state index contributed by atoms with van der Waals surface area (Å²) >= 11 is 3.41. The number of fused-ring (bicyclic) bond motifs is 2. The molecule has 2 heterocycles. The van der Waals surface area contributed by atoms with Gasteiger partial charge in [-0.2, -0.15) is 5.26 Å². The van der Waals surface area contributed by atoms with Crippen molar-refractivity contribution in [1.29, 1.82) is 5.26 Å². The Balaban J connectivity index is 1.78. The first-order valence-corrected chi connectivity index (χ1v) is 12.5. The van der Waals surface area contributed by atoms with Crippen LogP contribution in [0.2, 0.25) is 0 Å². The maximum absolute atomic E-state index is 14.5. The molecule has 0 unspecified atom stereocenters. The summed E-state index contributed by atoms with van der Waals surface area (Å²) in [4.78, 5) is -0.105. The predicted octanol–water partition coefficient (Wildman–Crippen LogP) is 5.11. The van der Waals surface area contributed by atoms with Crippen LogP contribution in [0, 0.1) is 17.1 Å². The van der Waals surface area contributed by atoms with Crippen molar-refractivity contribution < 1.29 is 17.5 Å². The summed E-state index contributed by atoms with van der Waals surface area (Å²) in [5.74, 6) is -1.59. The van der Waals surface area contributed by atoms with Crippen LogP contribution >= 0.6 is 15.9 Å². The number of nitrogens with zero attached hydrogens (tertiary/aromatic N) is 2. The van der Waals surface area contributed by atoms with E-state index >= 15 is 0 Å². The molecule has 3 aromatic carbocycles. The molecule has 2 N–H and O–H groups in total. The third-order valence-corrected chi connectivity index (χ3v) is 8.19. The average molecular weight is 538 g/mol. The first-order chi connectivity index (χ1) is 16.3. The number of ether oxygens (including phenoxy) is 1. The lowest BCUT2D eigenvalue weighted by atomic mass is 9.88. The molecule has 170 valence electrons. The molecule has 0 aromatic heterocycles. The molecule has 0 amide bonds. The fourth-order valence-electron chi connectivity index (χ4n) is 4.28. The lowest BCUT2D eigenvalue weighted by molar-refractivity contribution is 0.357. The normalized spacial score (nSPS) is 18.6. The fourth-order valence-corrected chi connectivity index (χ4v) is 6.60. The van der Waals surface area contributed by atoms with Gasteiger partial charge in [-0.3, -0.25) is 4.31 Å². The minimum Gasteiger partial charge on any atom is -0.439 e. The van der Waals surface area contributed by atoms with Gasteiger partial charge in [0, 0.05) is 15.6 Å². The number of halogens is 2. The second kappa shape index (κ2) is 8.31. The molecule has 0 bridgehead atoms. The summed E-state index contributed by atoms with van der Waals surface area (Å²) in [6, 6.07) is 21.9. The number of hydrogen-bond donors (Lipinski definition) is 1. The molecule has 5 rings (SSSR count). The molecule has 9 heteroatoms. The monoisotopic (exact) mass is 537 g/mol. The maximum Gasteiger partial charge on any atom is 0.265 e. The lowest BCUT2D eigenvalue weighted by Crippen LogP contribution is -2.39. The summed E-state index contributed by atoms with van der Waals surface area (Å²) in [6.07, 6.45) is 0. The summed E-state index contributed by atoms with van der Waals surface area (Å²) in [7, 11) is -4.26. The largest absolute Gasteiger partial charge is 0.439 e. The molecule has 3 aromatic rings. The van der Waals surface area contributed by atoms with Crippen LogP contribution in [0.4, 0.5) is 10.1 Å².